The lowest BCUT2D eigenvalue weighted by atomic mass is 10.2. The summed E-state index contributed by atoms with van der Waals surface area (Å²) in [6.07, 6.45) is 2.90. The molecule has 0 aromatic heterocycles. The molecule has 1 saturated heterocycles. The van der Waals surface area contributed by atoms with Crippen LogP contribution in [0.1, 0.15) is 24.8 Å². The fourth-order valence-electron chi connectivity index (χ4n) is 2.85. The van der Waals surface area contributed by atoms with Gasteiger partial charge in [-0.05, 0) is 38.3 Å². The highest BCUT2D eigenvalue weighted by molar-refractivity contribution is 5.81. The second kappa shape index (κ2) is 7.02. The highest BCUT2D eigenvalue weighted by atomic mass is 16.5. The van der Waals surface area contributed by atoms with E-state index < -0.39 is 0 Å². The van der Waals surface area contributed by atoms with Crippen molar-refractivity contribution in [3.63, 3.8) is 0 Å². The molecule has 1 aromatic rings. The van der Waals surface area contributed by atoms with E-state index in [1.54, 1.807) is 0 Å². The molecule has 23 heavy (non-hydrogen) atoms. The Morgan fingerprint density at radius 2 is 1.70 bits per heavy atom. The summed E-state index contributed by atoms with van der Waals surface area (Å²) >= 11 is 0. The molecule has 1 aliphatic heterocycles. The Morgan fingerprint density at radius 1 is 1.04 bits per heavy atom. The third kappa shape index (κ3) is 4.24. The van der Waals surface area contributed by atoms with E-state index in [0.29, 0.717) is 25.4 Å². The van der Waals surface area contributed by atoms with Crippen molar-refractivity contribution in [3.8, 4) is 5.75 Å². The van der Waals surface area contributed by atoms with Crippen LogP contribution < -0.4 is 4.74 Å². The number of aryl methyl sites for hydroxylation is 1. The molecule has 5 nitrogen and oxygen atoms in total. The van der Waals surface area contributed by atoms with Crippen molar-refractivity contribution in [3.05, 3.63) is 29.8 Å². The summed E-state index contributed by atoms with van der Waals surface area (Å²) in [5, 5.41) is 0. The molecular formula is C18H24N2O3. The summed E-state index contributed by atoms with van der Waals surface area (Å²) < 4.78 is 5.57. The first kappa shape index (κ1) is 15.8. The zero-order valence-electron chi connectivity index (χ0n) is 13.7. The average molecular weight is 316 g/mol. The summed E-state index contributed by atoms with van der Waals surface area (Å²) in [4.78, 5) is 28.2. The number of ether oxygens (including phenoxy) is 1. The molecule has 1 saturated carbocycles. The van der Waals surface area contributed by atoms with Crippen LogP contribution in [-0.2, 0) is 9.59 Å². The van der Waals surface area contributed by atoms with E-state index in [0.717, 1.165) is 31.4 Å². The topological polar surface area (TPSA) is 49.9 Å². The van der Waals surface area contributed by atoms with Crippen molar-refractivity contribution in [2.45, 2.75) is 26.2 Å². The van der Waals surface area contributed by atoms with Gasteiger partial charge in [-0.2, -0.15) is 0 Å². The maximum atomic E-state index is 12.3. The van der Waals surface area contributed by atoms with Gasteiger partial charge < -0.3 is 14.5 Å². The van der Waals surface area contributed by atoms with Gasteiger partial charge >= 0.3 is 0 Å². The minimum absolute atomic E-state index is 0.00806. The molecule has 0 unspecified atom stereocenters. The standard InChI is InChI=1S/C18H24N2O3/c1-14-3-7-16(8-4-14)23-13-17(21)19-9-2-10-20(12-11-19)18(22)15-5-6-15/h3-4,7-8,15H,2,5-6,9-13H2,1H3. The van der Waals surface area contributed by atoms with Gasteiger partial charge in [-0.1, -0.05) is 17.7 Å². The van der Waals surface area contributed by atoms with Gasteiger partial charge in [0.25, 0.3) is 5.91 Å². The first-order valence-electron chi connectivity index (χ1n) is 8.39. The van der Waals surface area contributed by atoms with E-state index in [1.165, 1.54) is 0 Å². The highest BCUT2D eigenvalue weighted by Crippen LogP contribution is 2.31. The molecule has 1 aromatic carbocycles. The number of amides is 2. The van der Waals surface area contributed by atoms with Gasteiger partial charge in [-0.25, -0.2) is 0 Å². The lowest BCUT2D eigenvalue weighted by molar-refractivity contribution is -0.135. The smallest absolute Gasteiger partial charge is 0.260 e. The van der Waals surface area contributed by atoms with Crippen molar-refractivity contribution in [2.24, 2.45) is 5.92 Å². The Kier molecular flexibility index (Phi) is 4.84. The summed E-state index contributed by atoms with van der Waals surface area (Å²) in [5.41, 5.74) is 1.16. The van der Waals surface area contributed by atoms with Crippen molar-refractivity contribution < 1.29 is 14.3 Å². The zero-order valence-corrected chi connectivity index (χ0v) is 13.7. The highest BCUT2D eigenvalue weighted by Gasteiger charge is 2.34. The largest absolute Gasteiger partial charge is 0.484 e. The third-order valence-corrected chi connectivity index (χ3v) is 4.47. The summed E-state index contributed by atoms with van der Waals surface area (Å²) in [5.74, 6) is 1.23. The molecule has 2 aliphatic rings. The number of rotatable bonds is 4. The number of nitrogens with zero attached hydrogens (tertiary/aromatic N) is 2. The molecule has 124 valence electrons. The first-order chi connectivity index (χ1) is 11.1. The molecule has 5 heteroatoms. The number of carbonyl (C=O) groups is 2. The van der Waals surface area contributed by atoms with Crippen LogP contribution in [0.5, 0.6) is 5.75 Å². The molecule has 0 atom stereocenters. The molecular weight excluding hydrogens is 292 g/mol. The zero-order chi connectivity index (χ0) is 16.2. The monoisotopic (exact) mass is 316 g/mol. The van der Waals surface area contributed by atoms with Gasteiger partial charge in [0.05, 0.1) is 0 Å². The van der Waals surface area contributed by atoms with Crippen molar-refractivity contribution in [2.75, 3.05) is 32.8 Å². The molecule has 3 rings (SSSR count). The van der Waals surface area contributed by atoms with Crippen LogP contribution >= 0.6 is 0 Å². The Balaban J connectivity index is 1.47. The number of hydrogen-bond acceptors (Lipinski definition) is 3. The fraction of sp³-hybridized carbons (Fsp3) is 0.556. The van der Waals surface area contributed by atoms with Gasteiger partial charge in [0, 0.05) is 32.1 Å². The quantitative estimate of drug-likeness (QED) is 0.852. The van der Waals surface area contributed by atoms with E-state index in [4.69, 9.17) is 4.74 Å². The minimum atomic E-state index is -0.00806. The van der Waals surface area contributed by atoms with Gasteiger partial charge in [-0.3, -0.25) is 9.59 Å². The van der Waals surface area contributed by atoms with Gasteiger partial charge in [0.1, 0.15) is 5.75 Å². The maximum Gasteiger partial charge on any atom is 0.260 e. The Labute approximate surface area is 137 Å². The molecule has 1 heterocycles. The van der Waals surface area contributed by atoms with Crippen LogP contribution in [0.4, 0.5) is 0 Å². The molecule has 0 N–H and O–H groups in total. The third-order valence-electron chi connectivity index (χ3n) is 4.47. The van der Waals surface area contributed by atoms with E-state index in [1.807, 2.05) is 41.0 Å². The summed E-state index contributed by atoms with van der Waals surface area (Å²) in [7, 11) is 0. The van der Waals surface area contributed by atoms with Gasteiger partial charge in [0.15, 0.2) is 6.61 Å². The summed E-state index contributed by atoms with van der Waals surface area (Å²) in [6, 6.07) is 7.68. The van der Waals surface area contributed by atoms with Crippen molar-refractivity contribution in [1.29, 1.82) is 0 Å². The van der Waals surface area contributed by atoms with Crippen LogP contribution in [0, 0.1) is 12.8 Å². The van der Waals surface area contributed by atoms with Crippen LogP contribution in [0.25, 0.3) is 0 Å². The molecule has 0 radical (unpaired) electrons. The average Bonchev–Trinajstić information content (AvgIpc) is 3.39. The van der Waals surface area contributed by atoms with Crippen molar-refractivity contribution in [1.82, 2.24) is 9.80 Å². The number of hydrogen-bond donors (Lipinski definition) is 0. The van der Waals surface area contributed by atoms with Crippen LogP contribution in [-0.4, -0.2) is 54.4 Å². The lowest BCUT2D eigenvalue weighted by Gasteiger charge is -2.22. The normalized spacial score (nSPS) is 18.5. The fourth-order valence-corrected chi connectivity index (χ4v) is 2.85. The lowest BCUT2D eigenvalue weighted by Crippen LogP contribution is -2.39. The van der Waals surface area contributed by atoms with Crippen LogP contribution in [0.2, 0.25) is 0 Å². The van der Waals surface area contributed by atoms with E-state index in [-0.39, 0.29) is 24.3 Å². The number of carbonyl (C=O) groups excluding carboxylic acids is 2. The molecule has 0 bridgehead atoms. The van der Waals surface area contributed by atoms with Gasteiger partial charge in [0.2, 0.25) is 5.91 Å². The van der Waals surface area contributed by atoms with Crippen molar-refractivity contribution >= 4 is 11.8 Å². The maximum absolute atomic E-state index is 12.3. The predicted octanol–water partition coefficient (Wildman–Crippen LogP) is 1.84. The van der Waals surface area contributed by atoms with E-state index in [9.17, 15) is 9.59 Å². The Hall–Kier alpha value is -2.04. The van der Waals surface area contributed by atoms with E-state index in [2.05, 4.69) is 0 Å². The Bertz CT molecular complexity index is 566. The second-order valence-electron chi connectivity index (χ2n) is 6.44. The Morgan fingerprint density at radius 3 is 2.39 bits per heavy atom. The first-order valence-corrected chi connectivity index (χ1v) is 8.39. The second-order valence-corrected chi connectivity index (χ2v) is 6.44. The predicted molar refractivity (Wildman–Crippen MR) is 87.2 cm³/mol. The molecule has 2 fully saturated rings. The summed E-state index contributed by atoms with van der Waals surface area (Å²) in [6.45, 7) is 4.78. The minimum Gasteiger partial charge on any atom is -0.484 e. The van der Waals surface area contributed by atoms with Crippen LogP contribution in [0.15, 0.2) is 24.3 Å². The van der Waals surface area contributed by atoms with Crippen LogP contribution in [0.3, 0.4) is 0 Å². The molecule has 0 spiro atoms. The van der Waals surface area contributed by atoms with E-state index >= 15 is 0 Å². The number of benzene rings is 1. The molecule has 2 amide bonds. The SMILES string of the molecule is Cc1ccc(OCC(=O)N2CCCN(C(=O)C3CC3)CC2)cc1. The molecule has 1 aliphatic carbocycles. The van der Waals surface area contributed by atoms with Gasteiger partial charge in [-0.15, -0.1) is 0 Å².